The molecule has 1 amide bonds. The summed E-state index contributed by atoms with van der Waals surface area (Å²) in [6.07, 6.45) is 9.19. The van der Waals surface area contributed by atoms with Crippen molar-refractivity contribution in [1.29, 1.82) is 0 Å². The van der Waals surface area contributed by atoms with Gasteiger partial charge in [0.25, 0.3) is 17.3 Å². The summed E-state index contributed by atoms with van der Waals surface area (Å²) >= 11 is 0. The maximum atomic E-state index is 13.1. The summed E-state index contributed by atoms with van der Waals surface area (Å²) in [5.74, 6) is 1.98. The van der Waals surface area contributed by atoms with E-state index in [0.717, 1.165) is 24.0 Å². The van der Waals surface area contributed by atoms with E-state index >= 15 is 0 Å². The van der Waals surface area contributed by atoms with Crippen LogP contribution in [-0.2, 0) is 23.6 Å². The number of pyridine rings is 1. The monoisotopic (exact) mass is 551 g/mol. The van der Waals surface area contributed by atoms with Crippen molar-refractivity contribution < 1.29 is 23.1 Å². The van der Waals surface area contributed by atoms with Crippen LogP contribution >= 0.6 is 0 Å². The number of rotatable bonds is 11. The van der Waals surface area contributed by atoms with Crippen molar-refractivity contribution in [1.82, 2.24) is 24.8 Å². The Bertz CT molecular complexity index is 1630. The predicted molar refractivity (Wildman–Crippen MR) is 143 cm³/mol. The van der Waals surface area contributed by atoms with Crippen LogP contribution in [0, 0.1) is 17.8 Å². The molecule has 3 aromatic rings. The lowest BCUT2D eigenvalue weighted by Gasteiger charge is -2.20. The first-order valence-corrected chi connectivity index (χ1v) is 14.0. The summed E-state index contributed by atoms with van der Waals surface area (Å²) in [5.41, 5.74) is 0.850. The summed E-state index contributed by atoms with van der Waals surface area (Å²) < 4.78 is 34.7. The molecule has 1 aromatic carbocycles. The normalized spacial score (nSPS) is 16.8. The highest BCUT2D eigenvalue weighted by molar-refractivity contribution is 7.91. The largest absolute Gasteiger partial charge is 0.473 e. The van der Waals surface area contributed by atoms with E-state index in [1.165, 1.54) is 23.9 Å². The number of fused-ring (bicyclic) bond motifs is 1. The van der Waals surface area contributed by atoms with Gasteiger partial charge in [-0.05, 0) is 49.4 Å². The molecule has 2 aliphatic rings. The zero-order valence-electron chi connectivity index (χ0n) is 21.4. The third-order valence-electron chi connectivity index (χ3n) is 7.59. The third kappa shape index (κ3) is 5.25. The Morgan fingerprint density at radius 1 is 1.23 bits per heavy atom. The quantitative estimate of drug-likeness (QED) is 0.297. The molecular formula is C27H29N5O6S. The number of benzene rings is 1. The Kier molecular flexibility index (Phi) is 6.92. The van der Waals surface area contributed by atoms with Crippen LogP contribution in [-0.4, -0.2) is 58.7 Å². The molecule has 2 heterocycles. The van der Waals surface area contributed by atoms with Crippen LogP contribution < -0.4 is 20.3 Å². The van der Waals surface area contributed by atoms with Crippen molar-refractivity contribution >= 4 is 26.8 Å². The molecule has 11 nitrogen and oxygen atoms in total. The fraction of sp³-hybridized carbons (Fsp3) is 0.407. The van der Waals surface area contributed by atoms with E-state index in [0.29, 0.717) is 23.7 Å². The first-order valence-electron chi connectivity index (χ1n) is 12.5. The van der Waals surface area contributed by atoms with Gasteiger partial charge in [-0.2, -0.15) is 5.10 Å². The van der Waals surface area contributed by atoms with Gasteiger partial charge in [0.05, 0.1) is 6.20 Å². The molecule has 0 bridgehead atoms. The molecule has 2 aromatic heterocycles. The van der Waals surface area contributed by atoms with Crippen LogP contribution in [0.4, 0.5) is 0 Å². The van der Waals surface area contributed by atoms with Crippen LogP contribution in [0.5, 0.6) is 5.88 Å². The van der Waals surface area contributed by atoms with Gasteiger partial charge in [-0.25, -0.2) is 13.1 Å². The smallest absolute Gasteiger partial charge is 0.263 e. The van der Waals surface area contributed by atoms with E-state index in [2.05, 4.69) is 26.2 Å². The minimum atomic E-state index is -3.71. The van der Waals surface area contributed by atoms with E-state index < -0.39 is 26.2 Å². The highest BCUT2D eigenvalue weighted by Gasteiger charge is 2.56. The van der Waals surface area contributed by atoms with E-state index in [9.17, 15) is 23.1 Å². The Morgan fingerprint density at radius 3 is 2.56 bits per heavy atom. The average molecular weight is 552 g/mol. The van der Waals surface area contributed by atoms with Crippen molar-refractivity contribution in [2.75, 3.05) is 19.8 Å². The maximum absolute atomic E-state index is 13.1. The zero-order valence-corrected chi connectivity index (χ0v) is 22.3. The molecule has 0 spiro atoms. The van der Waals surface area contributed by atoms with Gasteiger partial charge in [-0.1, -0.05) is 18.1 Å². The molecule has 204 valence electrons. The number of carbonyl (C=O) groups excluding carboxylic acids is 1. The lowest BCUT2D eigenvalue weighted by Crippen LogP contribution is -2.43. The first kappa shape index (κ1) is 26.8. The summed E-state index contributed by atoms with van der Waals surface area (Å²) in [4.78, 5) is 26.0. The maximum Gasteiger partial charge on any atom is 0.263 e. The second-order valence-electron chi connectivity index (χ2n) is 10.4. The minimum Gasteiger partial charge on any atom is -0.473 e. The van der Waals surface area contributed by atoms with Crippen LogP contribution in [0.15, 0.2) is 41.3 Å². The minimum absolute atomic E-state index is 0.00292. The highest BCUT2D eigenvalue weighted by atomic mass is 32.2. The number of hydrogen-bond acceptors (Lipinski definition) is 8. The Labute approximate surface area is 225 Å². The number of hydrogen-bond donors (Lipinski definition) is 3. The van der Waals surface area contributed by atoms with Crippen molar-refractivity contribution in [3.63, 3.8) is 0 Å². The van der Waals surface area contributed by atoms with Crippen LogP contribution in [0.25, 0.3) is 10.9 Å². The molecule has 2 fully saturated rings. The van der Waals surface area contributed by atoms with Crippen molar-refractivity contribution in [2.45, 2.75) is 37.0 Å². The number of ether oxygens (including phenoxy) is 1. The topological polar surface area (TPSA) is 153 Å². The fourth-order valence-electron chi connectivity index (χ4n) is 4.37. The average Bonchev–Trinajstić information content (AvgIpc) is 3.88. The van der Waals surface area contributed by atoms with Crippen LogP contribution in [0.3, 0.4) is 0 Å². The number of aliphatic hydroxyl groups excluding tert-OH is 1. The fourth-order valence-corrected chi connectivity index (χ4v) is 6.03. The molecule has 2 saturated carbocycles. The van der Waals surface area contributed by atoms with Gasteiger partial charge in [0.15, 0.2) is 0 Å². The lowest BCUT2D eigenvalue weighted by atomic mass is 10.1. The van der Waals surface area contributed by atoms with E-state index in [4.69, 9.17) is 11.2 Å². The second-order valence-corrected chi connectivity index (χ2v) is 12.5. The number of nitrogens with one attached hydrogen (secondary N) is 2. The van der Waals surface area contributed by atoms with Gasteiger partial charge < -0.3 is 19.7 Å². The molecule has 5 rings (SSSR count). The van der Waals surface area contributed by atoms with Crippen molar-refractivity contribution in [3.8, 4) is 18.2 Å². The number of nitrogens with zero attached hydrogens (tertiary/aromatic N) is 3. The lowest BCUT2D eigenvalue weighted by molar-refractivity contribution is 0.0949. The molecule has 0 atom stereocenters. The summed E-state index contributed by atoms with van der Waals surface area (Å²) in [6.45, 7) is 0.171. The van der Waals surface area contributed by atoms with Crippen LogP contribution in [0.2, 0.25) is 0 Å². The van der Waals surface area contributed by atoms with E-state index in [1.54, 1.807) is 24.3 Å². The SMILES string of the molecule is C#Cc1ccc(CNC(=O)c2cc3cnnc(OCC4(S(=O)(=O)NCC5(CO)CC5)CC4)c3n(C)c2=O)cc1. The van der Waals surface area contributed by atoms with Gasteiger partial charge in [0, 0.05) is 43.1 Å². The number of aromatic nitrogens is 3. The first-order chi connectivity index (χ1) is 18.6. The number of terminal acetylenes is 1. The van der Waals surface area contributed by atoms with Crippen LogP contribution in [0.1, 0.15) is 47.2 Å². The molecular weight excluding hydrogens is 522 g/mol. The molecule has 3 N–H and O–H groups in total. The highest BCUT2D eigenvalue weighted by Crippen LogP contribution is 2.47. The Morgan fingerprint density at radius 2 is 1.95 bits per heavy atom. The van der Waals surface area contributed by atoms with Gasteiger partial charge in [0.1, 0.15) is 22.4 Å². The van der Waals surface area contributed by atoms with Crippen molar-refractivity contribution in [3.05, 3.63) is 63.6 Å². The number of aryl methyl sites for hydroxylation is 1. The second kappa shape index (κ2) is 10.1. The zero-order chi connectivity index (χ0) is 27.8. The Hall–Kier alpha value is -3.79. The molecule has 12 heteroatoms. The van der Waals surface area contributed by atoms with Gasteiger partial charge in [-0.3, -0.25) is 9.59 Å². The molecule has 0 radical (unpaired) electrons. The number of sulfonamides is 1. The molecule has 0 aliphatic heterocycles. The van der Waals surface area contributed by atoms with Gasteiger partial charge in [-0.15, -0.1) is 11.5 Å². The summed E-state index contributed by atoms with van der Waals surface area (Å²) in [7, 11) is -2.22. The van der Waals surface area contributed by atoms with E-state index in [1.807, 2.05) is 0 Å². The number of carbonyl (C=O) groups is 1. The standard InChI is InChI=1S/C27H29N5O6S/c1-3-18-4-6-19(7-5-18)13-28-23(34)21-12-20-14-29-31-24(22(20)32(2)25(21)35)38-17-27(10-11-27)39(36,37)30-15-26(16-33)8-9-26/h1,4-7,12,14,30,33H,8-11,13,15-17H2,2H3,(H,28,34). The van der Waals surface area contributed by atoms with Gasteiger partial charge in [0.2, 0.25) is 10.0 Å². The molecule has 0 unspecified atom stereocenters. The molecule has 2 aliphatic carbocycles. The Balaban J connectivity index is 1.31. The molecule has 0 saturated heterocycles. The summed E-state index contributed by atoms with van der Waals surface area (Å²) in [5, 5.41) is 20.6. The van der Waals surface area contributed by atoms with Gasteiger partial charge >= 0.3 is 0 Å². The number of amides is 1. The third-order valence-corrected chi connectivity index (χ3v) is 9.78. The van der Waals surface area contributed by atoms with E-state index in [-0.39, 0.29) is 43.2 Å². The summed E-state index contributed by atoms with van der Waals surface area (Å²) in [6, 6.07) is 8.55. The molecule has 39 heavy (non-hydrogen) atoms. The number of aliphatic hydroxyl groups is 1. The predicted octanol–water partition coefficient (Wildman–Crippen LogP) is 0.843. The van der Waals surface area contributed by atoms with Crippen molar-refractivity contribution in [2.24, 2.45) is 12.5 Å².